The molecule has 1 atom stereocenters. The molecule has 2 amide bonds. The van der Waals surface area contributed by atoms with Crippen molar-refractivity contribution in [3.8, 4) is 10.6 Å². The van der Waals surface area contributed by atoms with Gasteiger partial charge >= 0.3 is 0 Å². The Balaban J connectivity index is 1.64. The number of ether oxygens (including phenoxy) is 1. The molecular weight excluding hydrogens is 376 g/mol. The number of aryl methyl sites for hydroxylation is 1. The van der Waals surface area contributed by atoms with Gasteiger partial charge in [0.2, 0.25) is 5.91 Å². The molecule has 0 spiro atoms. The number of carbonyl (C=O) groups excluding carboxylic acids is 2. The van der Waals surface area contributed by atoms with Crippen molar-refractivity contribution in [3.63, 3.8) is 0 Å². The number of thiazole rings is 1. The Morgan fingerprint density at radius 3 is 3.04 bits per heavy atom. The highest BCUT2D eigenvalue weighted by Gasteiger charge is 2.30. The molecule has 0 aliphatic carbocycles. The van der Waals surface area contributed by atoms with Crippen LogP contribution >= 0.6 is 11.3 Å². The maximum atomic E-state index is 13.1. The molecule has 2 aromatic rings. The van der Waals surface area contributed by atoms with Crippen molar-refractivity contribution in [2.45, 2.75) is 26.2 Å². The number of rotatable bonds is 7. The summed E-state index contributed by atoms with van der Waals surface area (Å²) in [5.74, 6) is -0.182. The Labute approximate surface area is 169 Å². The average Bonchev–Trinajstić information content (AvgIpc) is 3.13. The summed E-state index contributed by atoms with van der Waals surface area (Å²) < 4.78 is 5.00. The molecular formula is C20H26N4O3S. The third-order valence-corrected chi connectivity index (χ3v) is 6.00. The third-order valence-electron chi connectivity index (χ3n) is 4.80. The first-order chi connectivity index (χ1) is 13.6. The smallest absolute Gasteiger partial charge is 0.265 e. The van der Waals surface area contributed by atoms with Crippen molar-refractivity contribution < 1.29 is 14.3 Å². The number of nitrogens with zero attached hydrogens (tertiary/aromatic N) is 3. The summed E-state index contributed by atoms with van der Waals surface area (Å²) in [7, 11) is 1.65. The van der Waals surface area contributed by atoms with Gasteiger partial charge in [-0.3, -0.25) is 14.6 Å². The lowest BCUT2D eigenvalue weighted by Gasteiger charge is -2.31. The Morgan fingerprint density at radius 1 is 1.43 bits per heavy atom. The predicted molar refractivity (Wildman–Crippen MR) is 108 cm³/mol. The Hall–Kier alpha value is -2.32. The summed E-state index contributed by atoms with van der Waals surface area (Å²) in [6.45, 7) is 4.20. The zero-order valence-corrected chi connectivity index (χ0v) is 17.1. The molecule has 3 rings (SSSR count). The van der Waals surface area contributed by atoms with Gasteiger partial charge in [0, 0.05) is 51.3 Å². The average molecular weight is 403 g/mol. The second-order valence-corrected chi connectivity index (χ2v) is 7.90. The van der Waals surface area contributed by atoms with Gasteiger partial charge < -0.3 is 15.0 Å². The van der Waals surface area contributed by atoms with E-state index in [4.69, 9.17) is 4.74 Å². The highest BCUT2D eigenvalue weighted by Crippen LogP contribution is 2.29. The van der Waals surface area contributed by atoms with E-state index in [0.717, 1.165) is 35.5 Å². The van der Waals surface area contributed by atoms with E-state index in [9.17, 15) is 9.59 Å². The third kappa shape index (κ3) is 4.94. The second-order valence-electron chi connectivity index (χ2n) is 6.90. The molecule has 150 valence electrons. The Morgan fingerprint density at radius 2 is 2.29 bits per heavy atom. The molecule has 8 heteroatoms. The van der Waals surface area contributed by atoms with E-state index in [1.54, 1.807) is 24.4 Å². The zero-order valence-electron chi connectivity index (χ0n) is 16.3. The van der Waals surface area contributed by atoms with Gasteiger partial charge in [0.1, 0.15) is 9.88 Å². The van der Waals surface area contributed by atoms with E-state index in [0.29, 0.717) is 31.1 Å². The molecule has 3 heterocycles. The molecule has 1 saturated heterocycles. The largest absolute Gasteiger partial charge is 0.385 e. The molecule has 1 aliphatic rings. The number of pyridine rings is 1. The van der Waals surface area contributed by atoms with Crippen molar-refractivity contribution in [2.24, 2.45) is 5.92 Å². The minimum Gasteiger partial charge on any atom is -0.385 e. The lowest BCUT2D eigenvalue weighted by Crippen LogP contribution is -2.45. The van der Waals surface area contributed by atoms with Crippen LogP contribution in [0.15, 0.2) is 24.5 Å². The van der Waals surface area contributed by atoms with Crippen LogP contribution in [0.3, 0.4) is 0 Å². The van der Waals surface area contributed by atoms with Crippen LogP contribution in [0.4, 0.5) is 0 Å². The van der Waals surface area contributed by atoms with Gasteiger partial charge in [0.05, 0.1) is 11.6 Å². The van der Waals surface area contributed by atoms with Gasteiger partial charge in [-0.2, -0.15) is 0 Å². The van der Waals surface area contributed by atoms with Gasteiger partial charge in [0.15, 0.2) is 0 Å². The quantitative estimate of drug-likeness (QED) is 0.720. The Kier molecular flexibility index (Phi) is 7.11. The molecule has 0 saturated carbocycles. The monoisotopic (exact) mass is 402 g/mol. The second kappa shape index (κ2) is 9.75. The first-order valence-electron chi connectivity index (χ1n) is 9.54. The van der Waals surface area contributed by atoms with Gasteiger partial charge in [-0.05, 0) is 38.3 Å². The number of likely N-dealkylation sites (tertiary alicyclic amines) is 1. The van der Waals surface area contributed by atoms with Gasteiger partial charge in [-0.25, -0.2) is 4.98 Å². The van der Waals surface area contributed by atoms with Crippen LogP contribution in [-0.4, -0.2) is 60.0 Å². The van der Waals surface area contributed by atoms with Gasteiger partial charge in [-0.1, -0.05) is 0 Å². The summed E-state index contributed by atoms with van der Waals surface area (Å²) in [6.07, 6.45) is 5.88. The molecule has 0 radical (unpaired) electrons. The number of hydrogen-bond acceptors (Lipinski definition) is 6. The predicted octanol–water partition coefficient (Wildman–Crippen LogP) is 2.52. The fourth-order valence-electron chi connectivity index (χ4n) is 3.30. The topological polar surface area (TPSA) is 84.4 Å². The van der Waals surface area contributed by atoms with Crippen LogP contribution in [0, 0.1) is 12.8 Å². The van der Waals surface area contributed by atoms with Crippen LogP contribution in [0.25, 0.3) is 10.6 Å². The molecule has 0 bridgehead atoms. The molecule has 1 N–H and O–H groups in total. The molecule has 1 fully saturated rings. The molecule has 1 unspecified atom stereocenters. The van der Waals surface area contributed by atoms with E-state index < -0.39 is 0 Å². The van der Waals surface area contributed by atoms with Crippen molar-refractivity contribution >= 4 is 23.2 Å². The molecule has 28 heavy (non-hydrogen) atoms. The van der Waals surface area contributed by atoms with E-state index in [1.807, 2.05) is 19.1 Å². The van der Waals surface area contributed by atoms with Crippen LogP contribution in [-0.2, 0) is 9.53 Å². The van der Waals surface area contributed by atoms with E-state index in [2.05, 4.69) is 15.3 Å². The summed E-state index contributed by atoms with van der Waals surface area (Å²) in [5.41, 5.74) is 1.63. The van der Waals surface area contributed by atoms with Crippen molar-refractivity contribution in [1.29, 1.82) is 0 Å². The minimum atomic E-state index is -0.161. The molecule has 7 nitrogen and oxygen atoms in total. The number of amides is 2. The maximum Gasteiger partial charge on any atom is 0.265 e. The SMILES string of the molecule is COCCCNC(=O)C1CCCN(C(=O)c2sc(-c3cccnc3)nc2C)C1. The number of aromatic nitrogens is 2. The lowest BCUT2D eigenvalue weighted by molar-refractivity contribution is -0.126. The number of nitrogens with one attached hydrogen (secondary N) is 1. The Bertz CT molecular complexity index is 809. The lowest BCUT2D eigenvalue weighted by atomic mass is 9.97. The summed E-state index contributed by atoms with van der Waals surface area (Å²) >= 11 is 1.39. The number of hydrogen-bond donors (Lipinski definition) is 1. The van der Waals surface area contributed by atoms with Gasteiger partial charge in [-0.15, -0.1) is 11.3 Å². The van der Waals surface area contributed by atoms with E-state index >= 15 is 0 Å². The van der Waals surface area contributed by atoms with Crippen LogP contribution < -0.4 is 5.32 Å². The standard InChI is InChI=1S/C20H26N4O3S/c1-14-17(28-19(23-14)15-6-3-8-21-12-15)20(26)24-10-4-7-16(13-24)18(25)22-9-5-11-27-2/h3,6,8,12,16H,4-5,7,9-11,13H2,1-2H3,(H,22,25). The van der Waals surface area contributed by atoms with Crippen LogP contribution in [0.5, 0.6) is 0 Å². The maximum absolute atomic E-state index is 13.1. The number of carbonyl (C=O) groups is 2. The number of piperidine rings is 1. The van der Waals surface area contributed by atoms with Crippen molar-refractivity contribution in [3.05, 3.63) is 35.1 Å². The first-order valence-corrected chi connectivity index (χ1v) is 10.4. The molecule has 1 aliphatic heterocycles. The molecule has 2 aromatic heterocycles. The van der Waals surface area contributed by atoms with Crippen molar-refractivity contribution in [2.75, 3.05) is 33.4 Å². The van der Waals surface area contributed by atoms with Crippen LogP contribution in [0.2, 0.25) is 0 Å². The highest BCUT2D eigenvalue weighted by atomic mass is 32.1. The van der Waals surface area contributed by atoms with E-state index in [1.165, 1.54) is 11.3 Å². The normalized spacial score (nSPS) is 16.8. The fraction of sp³-hybridized carbons (Fsp3) is 0.500. The van der Waals surface area contributed by atoms with Gasteiger partial charge in [0.25, 0.3) is 5.91 Å². The minimum absolute atomic E-state index is 0.0191. The van der Waals surface area contributed by atoms with Crippen LogP contribution in [0.1, 0.15) is 34.6 Å². The zero-order chi connectivity index (χ0) is 19.9. The fourth-order valence-corrected chi connectivity index (χ4v) is 4.32. The highest BCUT2D eigenvalue weighted by molar-refractivity contribution is 7.17. The number of methoxy groups -OCH3 is 1. The summed E-state index contributed by atoms with van der Waals surface area (Å²) in [5, 5.41) is 3.74. The van der Waals surface area contributed by atoms with Crippen molar-refractivity contribution in [1.82, 2.24) is 20.2 Å². The first kappa shape index (κ1) is 20.4. The van der Waals surface area contributed by atoms with E-state index in [-0.39, 0.29) is 17.7 Å². The summed E-state index contributed by atoms with van der Waals surface area (Å²) in [4.78, 5) is 36.6. The molecule has 0 aromatic carbocycles. The summed E-state index contributed by atoms with van der Waals surface area (Å²) in [6, 6.07) is 3.79.